The Balaban J connectivity index is 1.46. The SMILES string of the molecule is C=CCn1c(SCc2nnc(-c3ccc(Cl)cc3)o2)nc2scc(-c3ccccc3)c2c1=O. The molecule has 0 atom stereocenters. The molecule has 0 bridgehead atoms. The fourth-order valence-corrected chi connectivity index (χ4v) is 5.34. The predicted octanol–water partition coefficient (Wildman–Crippen LogP) is 6.31. The fourth-order valence-electron chi connectivity index (χ4n) is 3.38. The Morgan fingerprint density at radius 3 is 2.64 bits per heavy atom. The highest BCUT2D eigenvalue weighted by Crippen LogP contribution is 2.33. The number of benzene rings is 2. The highest BCUT2D eigenvalue weighted by Gasteiger charge is 2.18. The van der Waals surface area contributed by atoms with Gasteiger partial charge in [0.05, 0.1) is 11.1 Å². The van der Waals surface area contributed by atoms with E-state index in [1.54, 1.807) is 22.8 Å². The van der Waals surface area contributed by atoms with Crippen molar-refractivity contribution in [1.82, 2.24) is 19.7 Å². The lowest BCUT2D eigenvalue weighted by molar-refractivity contribution is 0.528. The Hall–Kier alpha value is -3.20. The van der Waals surface area contributed by atoms with Gasteiger partial charge in [-0.05, 0) is 29.8 Å². The van der Waals surface area contributed by atoms with Gasteiger partial charge in [-0.3, -0.25) is 9.36 Å². The van der Waals surface area contributed by atoms with E-state index in [0.717, 1.165) is 16.7 Å². The number of fused-ring (bicyclic) bond motifs is 1. The standard InChI is InChI=1S/C24H17ClN4O2S2/c1-2-12-29-23(30)20-18(15-6-4-3-5-7-15)13-32-22(20)26-24(29)33-14-19-27-28-21(31-19)16-8-10-17(25)11-9-16/h2-11,13H,1,12,14H2. The molecule has 2 aromatic carbocycles. The zero-order valence-corrected chi connectivity index (χ0v) is 19.7. The summed E-state index contributed by atoms with van der Waals surface area (Å²) in [6.45, 7) is 4.16. The van der Waals surface area contributed by atoms with Gasteiger partial charge in [0.2, 0.25) is 11.8 Å². The van der Waals surface area contributed by atoms with Crippen LogP contribution < -0.4 is 5.56 Å². The van der Waals surface area contributed by atoms with Crippen molar-refractivity contribution >= 4 is 44.9 Å². The molecular formula is C24H17ClN4O2S2. The largest absolute Gasteiger partial charge is 0.420 e. The Morgan fingerprint density at radius 1 is 1.09 bits per heavy atom. The Morgan fingerprint density at radius 2 is 1.88 bits per heavy atom. The number of thiophene rings is 1. The third-order valence-electron chi connectivity index (χ3n) is 4.94. The summed E-state index contributed by atoms with van der Waals surface area (Å²) in [4.78, 5) is 18.9. The first kappa shape index (κ1) is 21.6. The lowest BCUT2D eigenvalue weighted by Crippen LogP contribution is -2.22. The van der Waals surface area contributed by atoms with E-state index in [1.165, 1.54) is 23.1 Å². The Labute approximate surface area is 202 Å². The van der Waals surface area contributed by atoms with E-state index in [4.69, 9.17) is 21.0 Å². The molecule has 3 aromatic heterocycles. The maximum absolute atomic E-state index is 13.4. The van der Waals surface area contributed by atoms with Crippen LogP contribution in [0.5, 0.6) is 0 Å². The summed E-state index contributed by atoms with van der Waals surface area (Å²) < 4.78 is 7.43. The smallest absolute Gasteiger partial charge is 0.263 e. The minimum Gasteiger partial charge on any atom is -0.420 e. The first-order valence-corrected chi connectivity index (χ1v) is 12.3. The van der Waals surface area contributed by atoms with Crippen LogP contribution in [0, 0.1) is 0 Å². The average molecular weight is 493 g/mol. The van der Waals surface area contributed by atoms with Crippen LogP contribution in [0.4, 0.5) is 0 Å². The Kier molecular flexibility index (Phi) is 6.13. The molecule has 0 saturated heterocycles. The van der Waals surface area contributed by atoms with Crippen molar-refractivity contribution < 1.29 is 4.42 Å². The molecule has 0 radical (unpaired) electrons. The molecule has 6 nitrogen and oxygen atoms in total. The third kappa shape index (κ3) is 4.37. The molecule has 0 amide bonds. The number of allylic oxidation sites excluding steroid dienone is 1. The van der Waals surface area contributed by atoms with Gasteiger partial charge in [0.25, 0.3) is 5.56 Å². The van der Waals surface area contributed by atoms with Crippen LogP contribution in [0.15, 0.2) is 87.0 Å². The number of nitrogens with zero attached hydrogens (tertiary/aromatic N) is 4. The minimum absolute atomic E-state index is 0.0881. The predicted molar refractivity (Wildman–Crippen MR) is 134 cm³/mol. The fraction of sp³-hybridized carbons (Fsp3) is 0.0833. The average Bonchev–Trinajstić information content (AvgIpc) is 3.48. The van der Waals surface area contributed by atoms with Crippen LogP contribution >= 0.6 is 34.7 Å². The van der Waals surface area contributed by atoms with Crippen LogP contribution in [0.25, 0.3) is 32.8 Å². The summed E-state index contributed by atoms with van der Waals surface area (Å²) in [5.41, 5.74) is 2.59. The van der Waals surface area contributed by atoms with Crippen LogP contribution in [-0.2, 0) is 12.3 Å². The van der Waals surface area contributed by atoms with Gasteiger partial charge in [0.1, 0.15) is 4.83 Å². The van der Waals surface area contributed by atoms with Gasteiger partial charge in [0, 0.05) is 28.1 Å². The molecule has 0 N–H and O–H groups in total. The van der Waals surface area contributed by atoms with E-state index in [1.807, 2.05) is 47.8 Å². The number of halogens is 1. The van der Waals surface area contributed by atoms with Crippen LogP contribution in [0.3, 0.4) is 0 Å². The lowest BCUT2D eigenvalue weighted by atomic mass is 10.1. The van der Waals surface area contributed by atoms with Crippen LogP contribution in [0.1, 0.15) is 5.89 Å². The summed E-state index contributed by atoms with van der Waals surface area (Å²) in [7, 11) is 0. The number of aromatic nitrogens is 4. The molecule has 0 spiro atoms. The lowest BCUT2D eigenvalue weighted by Gasteiger charge is -2.10. The molecule has 5 rings (SSSR count). The van der Waals surface area contributed by atoms with E-state index in [-0.39, 0.29) is 5.56 Å². The number of hydrogen-bond acceptors (Lipinski definition) is 7. The van der Waals surface area contributed by atoms with Gasteiger partial charge >= 0.3 is 0 Å². The van der Waals surface area contributed by atoms with Crippen molar-refractivity contribution in [2.24, 2.45) is 0 Å². The van der Waals surface area contributed by atoms with Crippen molar-refractivity contribution in [2.75, 3.05) is 0 Å². The zero-order valence-electron chi connectivity index (χ0n) is 17.3. The first-order valence-electron chi connectivity index (χ1n) is 10.0. The summed E-state index contributed by atoms with van der Waals surface area (Å²) >= 11 is 8.78. The molecule has 0 aliphatic rings. The summed E-state index contributed by atoms with van der Waals surface area (Å²) in [5, 5.41) is 12.1. The molecule has 0 aliphatic carbocycles. The van der Waals surface area contributed by atoms with E-state index < -0.39 is 0 Å². The van der Waals surface area contributed by atoms with Crippen molar-refractivity contribution in [2.45, 2.75) is 17.5 Å². The number of rotatable bonds is 7. The monoisotopic (exact) mass is 492 g/mol. The van der Waals surface area contributed by atoms with Gasteiger partial charge in [-0.15, -0.1) is 28.1 Å². The Bertz CT molecular complexity index is 1490. The number of thioether (sulfide) groups is 1. The van der Waals surface area contributed by atoms with E-state index >= 15 is 0 Å². The number of hydrogen-bond donors (Lipinski definition) is 0. The second kappa shape index (κ2) is 9.35. The molecule has 9 heteroatoms. The summed E-state index contributed by atoms with van der Waals surface area (Å²) in [6, 6.07) is 17.1. The topological polar surface area (TPSA) is 73.8 Å². The summed E-state index contributed by atoms with van der Waals surface area (Å²) in [5.74, 6) is 1.24. The quantitative estimate of drug-likeness (QED) is 0.151. The van der Waals surface area contributed by atoms with E-state index in [2.05, 4.69) is 16.8 Å². The first-order chi connectivity index (χ1) is 16.1. The third-order valence-corrected chi connectivity index (χ3v) is 7.02. The molecular weight excluding hydrogens is 476 g/mol. The highest BCUT2D eigenvalue weighted by molar-refractivity contribution is 7.98. The van der Waals surface area contributed by atoms with Crippen molar-refractivity contribution in [3.63, 3.8) is 0 Å². The maximum Gasteiger partial charge on any atom is 0.263 e. The van der Waals surface area contributed by atoms with Gasteiger partial charge in [-0.2, -0.15) is 0 Å². The van der Waals surface area contributed by atoms with Gasteiger partial charge in [-0.1, -0.05) is 59.8 Å². The molecule has 0 unspecified atom stereocenters. The molecule has 33 heavy (non-hydrogen) atoms. The zero-order chi connectivity index (χ0) is 22.8. The van der Waals surface area contributed by atoms with E-state index in [9.17, 15) is 4.79 Å². The second-order valence-electron chi connectivity index (χ2n) is 7.09. The van der Waals surface area contributed by atoms with Crippen molar-refractivity contribution in [1.29, 1.82) is 0 Å². The molecule has 5 aromatic rings. The minimum atomic E-state index is -0.0881. The van der Waals surface area contributed by atoms with Crippen molar-refractivity contribution in [3.05, 3.63) is 93.9 Å². The highest BCUT2D eigenvalue weighted by atomic mass is 35.5. The van der Waals surface area contributed by atoms with Crippen LogP contribution in [-0.4, -0.2) is 19.7 Å². The maximum atomic E-state index is 13.4. The van der Waals surface area contributed by atoms with E-state index in [0.29, 0.717) is 44.5 Å². The van der Waals surface area contributed by atoms with Gasteiger partial charge in [-0.25, -0.2) is 4.98 Å². The van der Waals surface area contributed by atoms with Gasteiger partial charge < -0.3 is 4.42 Å². The molecule has 164 valence electrons. The molecule has 3 heterocycles. The van der Waals surface area contributed by atoms with Crippen molar-refractivity contribution in [3.8, 4) is 22.6 Å². The van der Waals surface area contributed by atoms with Gasteiger partial charge in [0.15, 0.2) is 5.16 Å². The summed E-state index contributed by atoms with van der Waals surface area (Å²) in [6.07, 6.45) is 1.69. The molecule has 0 saturated carbocycles. The second-order valence-corrected chi connectivity index (χ2v) is 9.33. The molecule has 0 fully saturated rings. The normalized spacial score (nSPS) is 11.2. The molecule has 0 aliphatic heterocycles. The van der Waals surface area contributed by atoms with Crippen LogP contribution in [0.2, 0.25) is 5.02 Å².